The molecule has 1 aliphatic rings. The second kappa shape index (κ2) is 6.72. The lowest BCUT2D eigenvalue weighted by Crippen LogP contribution is -2.55. The molecule has 0 spiro atoms. The molecule has 0 amide bonds. The fourth-order valence-electron chi connectivity index (χ4n) is 2.86. The Hall–Kier alpha value is -0.120. The minimum absolute atomic E-state index is 0.139. The number of aliphatic hydroxyl groups is 1. The molecule has 2 N–H and O–H groups in total. The van der Waals surface area contributed by atoms with E-state index >= 15 is 0 Å². The number of hydrogen-bond donors (Lipinski definition) is 2. The molecule has 1 aliphatic heterocycles. The van der Waals surface area contributed by atoms with Gasteiger partial charge in [-0.3, -0.25) is 0 Å². The van der Waals surface area contributed by atoms with E-state index in [0.717, 1.165) is 24.9 Å². The summed E-state index contributed by atoms with van der Waals surface area (Å²) in [4.78, 5) is 2.50. The molecular formula is C14H30N2O. The minimum Gasteiger partial charge on any atom is -0.394 e. The molecule has 1 fully saturated rings. The van der Waals surface area contributed by atoms with Crippen LogP contribution in [-0.4, -0.2) is 48.3 Å². The van der Waals surface area contributed by atoms with Crippen molar-refractivity contribution in [3.05, 3.63) is 0 Å². The van der Waals surface area contributed by atoms with Gasteiger partial charge in [0.2, 0.25) is 0 Å². The molecule has 0 aliphatic carbocycles. The van der Waals surface area contributed by atoms with Crippen LogP contribution in [0.1, 0.15) is 40.5 Å². The molecule has 0 bridgehead atoms. The van der Waals surface area contributed by atoms with Crippen LogP contribution in [0.15, 0.2) is 0 Å². The van der Waals surface area contributed by atoms with Crippen LogP contribution in [0, 0.1) is 11.8 Å². The number of piperidine rings is 1. The SMILES string of the molecule is CCNC(C)(CO)CN1CCC(C(C)C)CC1. The lowest BCUT2D eigenvalue weighted by atomic mass is 9.86. The summed E-state index contributed by atoms with van der Waals surface area (Å²) >= 11 is 0. The van der Waals surface area contributed by atoms with Crippen molar-refractivity contribution in [2.75, 3.05) is 32.8 Å². The predicted octanol–water partition coefficient (Wildman–Crippen LogP) is 1.71. The molecule has 0 aromatic carbocycles. The number of aliphatic hydroxyl groups excluding tert-OH is 1. The lowest BCUT2D eigenvalue weighted by molar-refractivity contribution is 0.0893. The van der Waals surface area contributed by atoms with Crippen LogP contribution >= 0.6 is 0 Å². The first kappa shape index (κ1) is 14.9. The van der Waals surface area contributed by atoms with E-state index in [4.69, 9.17) is 0 Å². The standard InChI is InChI=1S/C14H30N2O/c1-5-15-14(4,11-17)10-16-8-6-13(7-9-16)12(2)3/h12-13,15,17H,5-11H2,1-4H3. The van der Waals surface area contributed by atoms with Crippen molar-refractivity contribution in [1.29, 1.82) is 0 Å². The van der Waals surface area contributed by atoms with Crippen LogP contribution in [0.5, 0.6) is 0 Å². The van der Waals surface area contributed by atoms with Gasteiger partial charge in [-0.2, -0.15) is 0 Å². The number of likely N-dealkylation sites (tertiary alicyclic amines) is 1. The second-order valence-electron chi connectivity index (χ2n) is 6.11. The van der Waals surface area contributed by atoms with Crippen LogP contribution < -0.4 is 5.32 Å². The summed E-state index contributed by atoms with van der Waals surface area (Å²) in [5.74, 6) is 1.71. The molecule has 1 heterocycles. The van der Waals surface area contributed by atoms with Crippen molar-refractivity contribution in [1.82, 2.24) is 10.2 Å². The Morgan fingerprint density at radius 2 is 1.94 bits per heavy atom. The van der Waals surface area contributed by atoms with Crippen molar-refractivity contribution < 1.29 is 5.11 Å². The molecule has 1 atom stereocenters. The van der Waals surface area contributed by atoms with Crippen LogP contribution in [0.3, 0.4) is 0 Å². The first-order valence-corrected chi connectivity index (χ1v) is 7.09. The maximum atomic E-state index is 9.50. The van der Waals surface area contributed by atoms with E-state index in [2.05, 4.69) is 37.9 Å². The number of nitrogens with zero attached hydrogens (tertiary/aromatic N) is 1. The van der Waals surface area contributed by atoms with E-state index in [0.29, 0.717) is 0 Å². The van der Waals surface area contributed by atoms with Gasteiger partial charge in [0.05, 0.1) is 12.1 Å². The summed E-state index contributed by atoms with van der Waals surface area (Å²) in [6.45, 7) is 13.3. The van der Waals surface area contributed by atoms with Crippen molar-refractivity contribution >= 4 is 0 Å². The van der Waals surface area contributed by atoms with E-state index in [-0.39, 0.29) is 12.1 Å². The molecular weight excluding hydrogens is 212 g/mol. The van der Waals surface area contributed by atoms with Crippen LogP contribution in [0.2, 0.25) is 0 Å². The maximum absolute atomic E-state index is 9.50. The average Bonchev–Trinajstić information content (AvgIpc) is 2.30. The van der Waals surface area contributed by atoms with Gasteiger partial charge in [0, 0.05) is 6.54 Å². The van der Waals surface area contributed by atoms with E-state index in [1.54, 1.807) is 0 Å². The van der Waals surface area contributed by atoms with Crippen molar-refractivity contribution in [3.8, 4) is 0 Å². The molecule has 3 nitrogen and oxygen atoms in total. The Bertz CT molecular complexity index is 212. The van der Waals surface area contributed by atoms with Gasteiger partial charge in [-0.1, -0.05) is 20.8 Å². The maximum Gasteiger partial charge on any atom is 0.0623 e. The highest BCUT2D eigenvalue weighted by atomic mass is 16.3. The summed E-state index contributed by atoms with van der Waals surface area (Å²) in [7, 11) is 0. The van der Waals surface area contributed by atoms with Crippen LogP contribution in [-0.2, 0) is 0 Å². The number of nitrogens with one attached hydrogen (secondary N) is 1. The second-order valence-corrected chi connectivity index (χ2v) is 6.11. The molecule has 1 unspecified atom stereocenters. The third kappa shape index (κ3) is 4.57. The van der Waals surface area contributed by atoms with Gasteiger partial charge in [-0.15, -0.1) is 0 Å². The Labute approximate surface area is 107 Å². The van der Waals surface area contributed by atoms with Gasteiger partial charge in [0.1, 0.15) is 0 Å². The molecule has 0 aromatic rings. The fourth-order valence-corrected chi connectivity index (χ4v) is 2.86. The molecule has 1 rings (SSSR count). The van der Waals surface area contributed by atoms with Crippen LogP contribution in [0.25, 0.3) is 0 Å². The largest absolute Gasteiger partial charge is 0.394 e. The zero-order valence-electron chi connectivity index (χ0n) is 12.0. The third-order valence-corrected chi connectivity index (χ3v) is 4.10. The van der Waals surface area contributed by atoms with Crippen LogP contribution in [0.4, 0.5) is 0 Å². The Kier molecular flexibility index (Phi) is 5.90. The minimum atomic E-state index is -0.139. The highest BCUT2D eigenvalue weighted by Crippen LogP contribution is 2.25. The molecule has 102 valence electrons. The number of hydrogen-bond acceptors (Lipinski definition) is 3. The van der Waals surface area contributed by atoms with Gasteiger partial charge >= 0.3 is 0 Å². The number of likely N-dealkylation sites (N-methyl/N-ethyl adjacent to an activating group) is 1. The fraction of sp³-hybridized carbons (Fsp3) is 1.00. The monoisotopic (exact) mass is 242 g/mol. The van der Waals surface area contributed by atoms with Crippen molar-refractivity contribution in [3.63, 3.8) is 0 Å². The molecule has 0 saturated carbocycles. The summed E-state index contributed by atoms with van der Waals surface area (Å²) in [5, 5.41) is 12.9. The first-order chi connectivity index (χ1) is 8.00. The smallest absolute Gasteiger partial charge is 0.0623 e. The normalized spacial score (nSPS) is 22.9. The zero-order chi connectivity index (χ0) is 12.9. The topological polar surface area (TPSA) is 35.5 Å². The Morgan fingerprint density at radius 1 is 1.35 bits per heavy atom. The molecule has 0 radical (unpaired) electrons. The number of rotatable bonds is 6. The Balaban J connectivity index is 2.38. The summed E-state index contributed by atoms with van der Waals surface area (Å²) in [5.41, 5.74) is -0.139. The molecule has 3 heteroatoms. The van der Waals surface area contributed by atoms with Gasteiger partial charge in [-0.25, -0.2) is 0 Å². The van der Waals surface area contributed by atoms with Gasteiger partial charge in [0.25, 0.3) is 0 Å². The van der Waals surface area contributed by atoms with E-state index < -0.39 is 0 Å². The van der Waals surface area contributed by atoms with Gasteiger partial charge in [-0.05, 0) is 51.2 Å². The van der Waals surface area contributed by atoms with Crippen molar-refractivity contribution in [2.24, 2.45) is 11.8 Å². The molecule has 0 aromatic heterocycles. The lowest BCUT2D eigenvalue weighted by Gasteiger charge is -2.39. The van der Waals surface area contributed by atoms with Crippen molar-refractivity contribution in [2.45, 2.75) is 46.1 Å². The van der Waals surface area contributed by atoms with E-state index in [9.17, 15) is 5.11 Å². The average molecular weight is 242 g/mol. The quantitative estimate of drug-likeness (QED) is 0.744. The highest BCUT2D eigenvalue weighted by Gasteiger charge is 2.28. The zero-order valence-corrected chi connectivity index (χ0v) is 12.0. The van der Waals surface area contributed by atoms with Gasteiger partial charge < -0.3 is 15.3 Å². The highest BCUT2D eigenvalue weighted by molar-refractivity contribution is 4.87. The predicted molar refractivity (Wildman–Crippen MR) is 73.2 cm³/mol. The van der Waals surface area contributed by atoms with E-state index in [1.807, 2.05) is 0 Å². The summed E-state index contributed by atoms with van der Waals surface area (Å²) < 4.78 is 0. The summed E-state index contributed by atoms with van der Waals surface area (Å²) in [6, 6.07) is 0. The molecule has 1 saturated heterocycles. The molecule has 17 heavy (non-hydrogen) atoms. The van der Waals surface area contributed by atoms with E-state index in [1.165, 1.54) is 25.9 Å². The summed E-state index contributed by atoms with van der Waals surface area (Å²) in [6.07, 6.45) is 2.62. The van der Waals surface area contributed by atoms with Gasteiger partial charge in [0.15, 0.2) is 0 Å². The third-order valence-electron chi connectivity index (χ3n) is 4.10. The first-order valence-electron chi connectivity index (χ1n) is 7.09. The Morgan fingerprint density at radius 3 is 2.35 bits per heavy atom.